The summed E-state index contributed by atoms with van der Waals surface area (Å²) in [4.78, 5) is 8.93. The molecule has 1 saturated carbocycles. The number of aromatic nitrogens is 2. The van der Waals surface area contributed by atoms with Crippen molar-refractivity contribution >= 4 is 11.0 Å². The molecule has 3 aromatic heterocycles. The summed E-state index contributed by atoms with van der Waals surface area (Å²) in [6.07, 6.45) is 10.4. The Kier molecular flexibility index (Phi) is 11.3. The minimum absolute atomic E-state index is 0. The summed E-state index contributed by atoms with van der Waals surface area (Å²) in [5.74, 6) is 2.01. The molecule has 8 rings (SSSR count). The van der Waals surface area contributed by atoms with Crippen molar-refractivity contribution in [1.29, 1.82) is 0 Å². The molecule has 4 heteroatoms. The second kappa shape index (κ2) is 16.2. The predicted molar refractivity (Wildman–Crippen MR) is 198 cm³/mol. The van der Waals surface area contributed by atoms with E-state index in [-0.39, 0.29) is 20.1 Å². The number of fused-ring (bicyclic) bond motifs is 1. The maximum atomic E-state index is 6.49. The molecule has 7 aromatic rings. The third-order valence-corrected chi connectivity index (χ3v) is 9.27. The van der Waals surface area contributed by atoms with Crippen molar-refractivity contribution in [2.24, 2.45) is 0 Å². The van der Waals surface area contributed by atoms with Crippen LogP contribution in [0, 0.1) is 12.1 Å². The van der Waals surface area contributed by atoms with Gasteiger partial charge >= 0.3 is 0 Å². The van der Waals surface area contributed by atoms with E-state index in [4.69, 9.17) is 9.40 Å². The van der Waals surface area contributed by atoms with Crippen molar-refractivity contribution in [3.05, 3.63) is 157 Å². The van der Waals surface area contributed by atoms with Crippen molar-refractivity contribution in [2.75, 3.05) is 0 Å². The van der Waals surface area contributed by atoms with E-state index in [1.165, 1.54) is 48.8 Å². The van der Waals surface area contributed by atoms with Gasteiger partial charge < -0.3 is 9.40 Å². The topological polar surface area (TPSA) is 38.9 Å². The molecule has 1 radical (unpaired) electrons. The van der Waals surface area contributed by atoms with E-state index < -0.39 is 0 Å². The van der Waals surface area contributed by atoms with Gasteiger partial charge in [0.25, 0.3) is 0 Å². The Hall–Kier alpha value is -4.63. The van der Waals surface area contributed by atoms with Gasteiger partial charge in [-0.25, -0.2) is 0 Å². The van der Waals surface area contributed by atoms with Gasteiger partial charge in [-0.2, -0.15) is 0 Å². The Labute approximate surface area is 303 Å². The Balaban J connectivity index is 0.000000270. The first-order valence-electron chi connectivity index (χ1n) is 17.1. The summed E-state index contributed by atoms with van der Waals surface area (Å²) in [6.45, 7) is 4.43. The van der Waals surface area contributed by atoms with Gasteiger partial charge in [0.2, 0.25) is 0 Å². The predicted octanol–water partition coefficient (Wildman–Crippen LogP) is 12.3. The first kappa shape index (κ1) is 34.2. The summed E-state index contributed by atoms with van der Waals surface area (Å²) in [5.41, 5.74) is 10.9. The molecule has 0 aliphatic heterocycles. The van der Waals surface area contributed by atoms with Crippen LogP contribution in [0.15, 0.2) is 138 Å². The molecular weight excluding hydrogens is 777 g/mol. The monoisotopic (exact) mass is 817 g/mol. The first-order chi connectivity index (χ1) is 23.6. The maximum absolute atomic E-state index is 6.49. The number of pyridine rings is 2. The van der Waals surface area contributed by atoms with Crippen LogP contribution in [-0.2, 0) is 20.1 Å². The van der Waals surface area contributed by atoms with Crippen molar-refractivity contribution in [1.82, 2.24) is 9.97 Å². The second-order valence-electron chi connectivity index (χ2n) is 12.9. The number of hydrogen-bond acceptors (Lipinski definition) is 3. The molecule has 0 spiro atoms. The molecule has 247 valence electrons. The van der Waals surface area contributed by atoms with Gasteiger partial charge in [-0.15, -0.1) is 48.0 Å². The fourth-order valence-corrected chi connectivity index (χ4v) is 6.57. The van der Waals surface area contributed by atoms with Gasteiger partial charge in [0.15, 0.2) is 0 Å². The molecule has 0 N–H and O–H groups in total. The number of hydrogen-bond donors (Lipinski definition) is 0. The average molecular weight is 817 g/mol. The van der Waals surface area contributed by atoms with Gasteiger partial charge in [-0.1, -0.05) is 123 Å². The minimum atomic E-state index is 0. The Morgan fingerprint density at radius 1 is 0.673 bits per heavy atom. The third kappa shape index (κ3) is 8.16. The SMILES string of the molecule is CC(C)c1ccnc(-c2[c-]c3cc(-c4ccccc4)oc3c(-c3ccc(C4CCCCC4)cc3)c2)c1.[Ir].[c-]1ccccc1-c1ccccn1. The maximum Gasteiger partial charge on any atom is 0.0914 e. The van der Waals surface area contributed by atoms with Crippen LogP contribution in [0.25, 0.3) is 55.9 Å². The zero-order valence-electron chi connectivity index (χ0n) is 28.0. The van der Waals surface area contributed by atoms with Gasteiger partial charge in [0, 0.05) is 43.8 Å². The molecule has 3 nitrogen and oxygen atoms in total. The Morgan fingerprint density at radius 2 is 1.43 bits per heavy atom. The summed E-state index contributed by atoms with van der Waals surface area (Å²) >= 11 is 0. The van der Waals surface area contributed by atoms with Gasteiger partial charge in [-0.05, 0) is 64.8 Å². The third-order valence-electron chi connectivity index (χ3n) is 9.27. The zero-order chi connectivity index (χ0) is 32.7. The van der Waals surface area contributed by atoms with E-state index >= 15 is 0 Å². The Bertz CT molecular complexity index is 2030. The minimum Gasteiger partial charge on any atom is -0.499 e. The van der Waals surface area contributed by atoms with Crippen molar-refractivity contribution in [3.8, 4) is 45.0 Å². The van der Waals surface area contributed by atoms with Crippen LogP contribution < -0.4 is 0 Å². The molecule has 1 fully saturated rings. The molecule has 4 aromatic carbocycles. The van der Waals surface area contributed by atoms with E-state index in [0.717, 1.165) is 50.4 Å². The van der Waals surface area contributed by atoms with Gasteiger partial charge in [0.05, 0.1) is 11.3 Å². The van der Waals surface area contributed by atoms with E-state index in [0.29, 0.717) is 11.8 Å². The fraction of sp³-hybridized carbons (Fsp3) is 0.200. The molecule has 49 heavy (non-hydrogen) atoms. The molecule has 3 heterocycles. The molecule has 0 bridgehead atoms. The van der Waals surface area contributed by atoms with Crippen LogP contribution in [0.5, 0.6) is 0 Å². The summed E-state index contributed by atoms with van der Waals surface area (Å²) in [7, 11) is 0. The average Bonchev–Trinajstić information content (AvgIpc) is 3.61. The number of furan rings is 1. The molecular formula is C45H40IrN2O-2. The van der Waals surface area contributed by atoms with E-state index in [1.54, 1.807) is 6.20 Å². The van der Waals surface area contributed by atoms with Crippen LogP contribution in [0.3, 0.4) is 0 Å². The van der Waals surface area contributed by atoms with E-state index in [2.05, 4.69) is 91.6 Å². The van der Waals surface area contributed by atoms with E-state index in [1.807, 2.05) is 66.9 Å². The van der Waals surface area contributed by atoms with Crippen LogP contribution in [0.4, 0.5) is 0 Å². The second-order valence-corrected chi connectivity index (χ2v) is 12.9. The Morgan fingerprint density at radius 3 is 2.14 bits per heavy atom. The normalized spacial score (nSPS) is 13.0. The van der Waals surface area contributed by atoms with Crippen molar-refractivity contribution in [3.63, 3.8) is 0 Å². The largest absolute Gasteiger partial charge is 0.499 e. The summed E-state index contributed by atoms with van der Waals surface area (Å²) < 4.78 is 6.49. The standard InChI is InChI=1S/C34H32NO.C11H8N.Ir/c1-23(2)28-17-18-35-32(21-28)29-19-30-22-33(27-11-7-4-8-12-27)36-34(30)31(20-29)26-15-13-25(14-16-26)24-9-5-3-6-10-24;1-2-6-10(7-3-1)11-8-4-5-9-12-11;/h4,7-8,11-18,20-24H,3,5-6,9-10H2,1-2H3;1-6,8-9H;/q2*-1;. The molecule has 0 atom stereocenters. The molecule has 1 aliphatic rings. The number of rotatable bonds is 6. The van der Waals surface area contributed by atoms with Crippen molar-refractivity contribution < 1.29 is 24.5 Å². The van der Waals surface area contributed by atoms with E-state index in [9.17, 15) is 0 Å². The number of benzene rings is 4. The van der Waals surface area contributed by atoms with Crippen molar-refractivity contribution in [2.45, 2.75) is 57.8 Å². The number of nitrogens with zero attached hydrogens (tertiary/aromatic N) is 2. The fourth-order valence-electron chi connectivity index (χ4n) is 6.57. The molecule has 1 aliphatic carbocycles. The van der Waals surface area contributed by atoms with Crippen LogP contribution in [0.1, 0.15) is 68.9 Å². The van der Waals surface area contributed by atoms with Crippen LogP contribution in [0.2, 0.25) is 0 Å². The molecule has 0 unspecified atom stereocenters. The first-order valence-corrected chi connectivity index (χ1v) is 17.1. The van der Waals surface area contributed by atoms with Crippen LogP contribution in [-0.4, -0.2) is 9.97 Å². The molecule has 0 amide bonds. The quantitative estimate of drug-likeness (QED) is 0.157. The zero-order valence-corrected chi connectivity index (χ0v) is 30.4. The van der Waals surface area contributed by atoms with Gasteiger partial charge in [0.1, 0.15) is 0 Å². The van der Waals surface area contributed by atoms with Crippen LogP contribution >= 0.6 is 0 Å². The molecule has 0 saturated heterocycles. The van der Waals surface area contributed by atoms with Gasteiger partial charge in [-0.3, -0.25) is 4.98 Å². The summed E-state index contributed by atoms with van der Waals surface area (Å²) in [6, 6.07) is 48.5. The summed E-state index contributed by atoms with van der Waals surface area (Å²) in [5, 5.41) is 0.981. The smallest absolute Gasteiger partial charge is 0.0914 e.